The fourth-order valence-electron chi connectivity index (χ4n) is 1.95. The standard InChI is InChI=1S/C13H15BrN2O/c1-8-4-5-9(2)16(8)10-6-11(14)13(15)12(7-10)17-3/h4-7H,15H2,1-3H3. The zero-order valence-electron chi connectivity index (χ0n) is 10.1. The van der Waals surface area contributed by atoms with Crippen molar-refractivity contribution < 1.29 is 4.74 Å². The van der Waals surface area contributed by atoms with Crippen LogP contribution in [-0.4, -0.2) is 11.7 Å². The van der Waals surface area contributed by atoms with Crippen LogP contribution >= 0.6 is 15.9 Å². The van der Waals surface area contributed by atoms with Crippen molar-refractivity contribution in [3.8, 4) is 11.4 Å². The SMILES string of the molecule is COc1cc(-n2c(C)ccc2C)cc(Br)c1N. The van der Waals surface area contributed by atoms with Crippen LogP contribution in [0.25, 0.3) is 5.69 Å². The fourth-order valence-corrected chi connectivity index (χ4v) is 2.38. The van der Waals surface area contributed by atoms with Crippen molar-refractivity contribution in [1.29, 1.82) is 0 Å². The molecule has 2 rings (SSSR count). The Morgan fingerprint density at radius 2 is 1.76 bits per heavy atom. The van der Waals surface area contributed by atoms with Gasteiger partial charge in [-0.25, -0.2) is 0 Å². The lowest BCUT2D eigenvalue weighted by molar-refractivity contribution is 0.416. The molecule has 0 fully saturated rings. The van der Waals surface area contributed by atoms with Gasteiger partial charge in [-0.1, -0.05) is 0 Å². The highest BCUT2D eigenvalue weighted by atomic mass is 79.9. The van der Waals surface area contributed by atoms with Gasteiger partial charge in [0.2, 0.25) is 0 Å². The lowest BCUT2D eigenvalue weighted by Crippen LogP contribution is -2.01. The summed E-state index contributed by atoms with van der Waals surface area (Å²) in [6.07, 6.45) is 0. The Kier molecular flexibility index (Phi) is 3.15. The van der Waals surface area contributed by atoms with Crippen molar-refractivity contribution in [3.63, 3.8) is 0 Å². The summed E-state index contributed by atoms with van der Waals surface area (Å²) in [7, 11) is 1.62. The number of ether oxygens (including phenoxy) is 1. The molecule has 0 saturated heterocycles. The molecule has 4 heteroatoms. The molecule has 0 saturated carbocycles. The van der Waals surface area contributed by atoms with E-state index in [0.717, 1.165) is 10.2 Å². The second-order valence-corrected chi connectivity index (χ2v) is 4.85. The molecule has 90 valence electrons. The fraction of sp³-hybridized carbons (Fsp3) is 0.231. The van der Waals surface area contributed by atoms with Gasteiger partial charge in [0.05, 0.1) is 18.5 Å². The Balaban J connectivity index is 2.65. The molecule has 0 radical (unpaired) electrons. The van der Waals surface area contributed by atoms with E-state index in [2.05, 4.69) is 46.5 Å². The number of nitrogens with two attached hydrogens (primary N) is 1. The number of aromatic nitrogens is 1. The minimum absolute atomic E-state index is 0.624. The van der Waals surface area contributed by atoms with Crippen LogP contribution in [0.15, 0.2) is 28.7 Å². The number of methoxy groups -OCH3 is 1. The van der Waals surface area contributed by atoms with Crippen molar-refractivity contribution in [2.75, 3.05) is 12.8 Å². The van der Waals surface area contributed by atoms with Crippen LogP contribution in [0.3, 0.4) is 0 Å². The molecule has 3 nitrogen and oxygen atoms in total. The van der Waals surface area contributed by atoms with Crippen molar-refractivity contribution >= 4 is 21.6 Å². The lowest BCUT2D eigenvalue weighted by Gasteiger charge is -2.13. The van der Waals surface area contributed by atoms with Crippen LogP contribution in [0.1, 0.15) is 11.4 Å². The van der Waals surface area contributed by atoms with Gasteiger partial charge in [-0.2, -0.15) is 0 Å². The summed E-state index contributed by atoms with van der Waals surface area (Å²) in [4.78, 5) is 0. The number of anilines is 1. The predicted molar refractivity (Wildman–Crippen MR) is 73.9 cm³/mol. The highest BCUT2D eigenvalue weighted by Crippen LogP contribution is 2.33. The van der Waals surface area contributed by atoms with Crippen LogP contribution in [0.2, 0.25) is 0 Å². The van der Waals surface area contributed by atoms with Gasteiger partial charge < -0.3 is 15.0 Å². The third kappa shape index (κ3) is 2.05. The number of nitrogen functional groups attached to an aromatic ring is 1. The second kappa shape index (κ2) is 4.45. The molecule has 0 aliphatic heterocycles. The predicted octanol–water partition coefficient (Wildman–Crippen LogP) is 3.45. The first-order valence-electron chi connectivity index (χ1n) is 5.33. The molecule has 0 spiro atoms. The van der Waals surface area contributed by atoms with Gasteiger partial charge in [-0.05, 0) is 48.0 Å². The van der Waals surface area contributed by atoms with Gasteiger partial charge in [0, 0.05) is 21.9 Å². The summed E-state index contributed by atoms with van der Waals surface area (Å²) in [5.41, 5.74) is 9.94. The normalized spacial score (nSPS) is 10.6. The molecule has 0 unspecified atom stereocenters. The first kappa shape index (κ1) is 12.0. The number of aryl methyl sites for hydroxylation is 2. The first-order valence-corrected chi connectivity index (χ1v) is 6.12. The Morgan fingerprint density at radius 1 is 1.18 bits per heavy atom. The Bertz CT molecular complexity index is 541. The maximum absolute atomic E-state index is 5.91. The lowest BCUT2D eigenvalue weighted by atomic mass is 10.2. The number of hydrogen-bond donors (Lipinski definition) is 1. The van der Waals surface area contributed by atoms with Crippen LogP contribution in [0.4, 0.5) is 5.69 Å². The Morgan fingerprint density at radius 3 is 2.29 bits per heavy atom. The number of benzene rings is 1. The van der Waals surface area contributed by atoms with Gasteiger partial charge in [0.15, 0.2) is 0 Å². The van der Waals surface area contributed by atoms with Crippen LogP contribution < -0.4 is 10.5 Å². The molecule has 0 bridgehead atoms. The van der Waals surface area contributed by atoms with Crippen molar-refractivity contribution in [1.82, 2.24) is 4.57 Å². The summed E-state index contributed by atoms with van der Waals surface area (Å²) in [6, 6.07) is 8.12. The molecule has 0 aliphatic rings. The summed E-state index contributed by atoms with van der Waals surface area (Å²) < 4.78 is 8.28. The maximum atomic E-state index is 5.91. The van der Waals surface area contributed by atoms with E-state index in [1.54, 1.807) is 7.11 Å². The average Bonchev–Trinajstić information content (AvgIpc) is 2.62. The van der Waals surface area contributed by atoms with E-state index < -0.39 is 0 Å². The number of rotatable bonds is 2. The quantitative estimate of drug-likeness (QED) is 0.862. The molecule has 0 atom stereocenters. The van der Waals surface area contributed by atoms with Gasteiger partial charge in [0.1, 0.15) is 5.75 Å². The number of halogens is 1. The summed E-state index contributed by atoms with van der Waals surface area (Å²) in [6.45, 7) is 4.15. The summed E-state index contributed by atoms with van der Waals surface area (Å²) >= 11 is 3.45. The smallest absolute Gasteiger partial charge is 0.144 e. The topological polar surface area (TPSA) is 40.2 Å². The van der Waals surface area contributed by atoms with Gasteiger partial charge >= 0.3 is 0 Å². The molecule has 0 amide bonds. The average molecular weight is 295 g/mol. The highest BCUT2D eigenvalue weighted by molar-refractivity contribution is 9.10. The minimum atomic E-state index is 0.624. The van der Waals surface area contributed by atoms with E-state index in [4.69, 9.17) is 10.5 Å². The van der Waals surface area contributed by atoms with Crippen molar-refractivity contribution in [2.24, 2.45) is 0 Å². The van der Waals surface area contributed by atoms with E-state index >= 15 is 0 Å². The Labute approximate surface area is 109 Å². The first-order chi connectivity index (χ1) is 8.04. The van der Waals surface area contributed by atoms with E-state index in [1.807, 2.05) is 12.1 Å². The molecular weight excluding hydrogens is 280 g/mol. The van der Waals surface area contributed by atoms with E-state index in [9.17, 15) is 0 Å². The molecular formula is C13H15BrN2O. The van der Waals surface area contributed by atoms with E-state index in [1.165, 1.54) is 11.4 Å². The molecule has 2 N–H and O–H groups in total. The van der Waals surface area contributed by atoms with Gasteiger partial charge in [-0.3, -0.25) is 0 Å². The molecule has 2 aromatic rings. The zero-order valence-corrected chi connectivity index (χ0v) is 11.7. The van der Waals surface area contributed by atoms with Gasteiger partial charge in [0.25, 0.3) is 0 Å². The molecule has 17 heavy (non-hydrogen) atoms. The second-order valence-electron chi connectivity index (χ2n) is 4.00. The van der Waals surface area contributed by atoms with Crippen LogP contribution in [-0.2, 0) is 0 Å². The maximum Gasteiger partial charge on any atom is 0.144 e. The van der Waals surface area contributed by atoms with Crippen LogP contribution in [0.5, 0.6) is 5.75 Å². The third-order valence-electron chi connectivity index (χ3n) is 2.83. The van der Waals surface area contributed by atoms with Gasteiger partial charge in [-0.15, -0.1) is 0 Å². The van der Waals surface area contributed by atoms with E-state index in [-0.39, 0.29) is 0 Å². The third-order valence-corrected chi connectivity index (χ3v) is 3.48. The largest absolute Gasteiger partial charge is 0.494 e. The molecule has 1 heterocycles. The van der Waals surface area contributed by atoms with Crippen molar-refractivity contribution in [2.45, 2.75) is 13.8 Å². The Hall–Kier alpha value is -1.42. The monoisotopic (exact) mass is 294 g/mol. The summed E-state index contributed by atoms with van der Waals surface area (Å²) in [5.74, 6) is 0.682. The molecule has 1 aromatic carbocycles. The van der Waals surface area contributed by atoms with E-state index in [0.29, 0.717) is 11.4 Å². The zero-order chi connectivity index (χ0) is 12.6. The molecule has 0 aliphatic carbocycles. The van der Waals surface area contributed by atoms with Crippen LogP contribution in [0, 0.1) is 13.8 Å². The number of nitrogens with zero attached hydrogens (tertiary/aromatic N) is 1. The van der Waals surface area contributed by atoms with Crippen molar-refractivity contribution in [3.05, 3.63) is 40.1 Å². The summed E-state index contributed by atoms with van der Waals surface area (Å²) in [5, 5.41) is 0. The molecule has 1 aromatic heterocycles. The number of hydrogen-bond acceptors (Lipinski definition) is 2. The highest BCUT2D eigenvalue weighted by Gasteiger charge is 2.10. The minimum Gasteiger partial charge on any atom is -0.494 e.